The maximum absolute atomic E-state index is 11.1. The second-order valence-corrected chi connectivity index (χ2v) is 2.68. The summed E-state index contributed by atoms with van der Waals surface area (Å²) < 4.78 is 5.79. The first kappa shape index (κ1) is 9.13. The summed E-state index contributed by atoms with van der Waals surface area (Å²) in [6.45, 7) is 1.81. The van der Waals surface area contributed by atoms with Crippen LogP contribution in [0, 0.1) is 12.1 Å². The lowest BCUT2D eigenvalue weighted by atomic mass is 10.2. The zero-order valence-corrected chi connectivity index (χ0v) is 7.76. The Morgan fingerprint density at radius 2 is 2.33 bits per heavy atom. The lowest BCUT2D eigenvalue weighted by molar-refractivity contribution is -0.613. The third-order valence-corrected chi connectivity index (χ3v) is 2.03. The minimum atomic E-state index is 0.201. The number of hydrogen-bond donors (Lipinski definition) is 0. The summed E-state index contributed by atoms with van der Waals surface area (Å²) in [5.74, 6) is 0.893. The number of rotatable bonds is 2. The fourth-order valence-corrected chi connectivity index (χ4v) is 1.36. The molecule has 0 amide bonds. The number of alkyl halides is 1. The van der Waals surface area contributed by atoms with Crippen molar-refractivity contribution in [2.24, 2.45) is 0 Å². The molecule has 1 aromatic heterocycles. The van der Waals surface area contributed by atoms with Crippen molar-refractivity contribution in [3.63, 3.8) is 0 Å². The fourth-order valence-electron chi connectivity index (χ4n) is 1.04. The first-order valence-electron chi connectivity index (χ1n) is 3.52. The molecule has 0 unspecified atom stereocenters. The van der Waals surface area contributed by atoms with E-state index in [4.69, 9.17) is 16.3 Å². The van der Waals surface area contributed by atoms with Crippen LogP contribution in [0.5, 0.6) is 5.75 Å². The minimum Gasteiger partial charge on any atom is -0.618 e. The van der Waals surface area contributed by atoms with Crippen molar-refractivity contribution in [3.8, 4) is 5.75 Å². The van der Waals surface area contributed by atoms with Gasteiger partial charge in [-0.15, -0.1) is 11.6 Å². The monoisotopic (exact) mass is 187 g/mol. The third-order valence-electron chi connectivity index (χ3n) is 1.78. The van der Waals surface area contributed by atoms with Gasteiger partial charge < -0.3 is 9.94 Å². The van der Waals surface area contributed by atoms with Crippen LogP contribution in [0.4, 0.5) is 0 Å². The van der Waals surface area contributed by atoms with Gasteiger partial charge in [-0.3, -0.25) is 0 Å². The van der Waals surface area contributed by atoms with Gasteiger partial charge in [-0.25, -0.2) is 0 Å². The van der Waals surface area contributed by atoms with Crippen LogP contribution in [0.2, 0.25) is 0 Å². The molecule has 0 spiro atoms. The van der Waals surface area contributed by atoms with Crippen molar-refractivity contribution in [2.45, 2.75) is 12.8 Å². The van der Waals surface area contributed by atoms with Crippen LogP contribution in [0.1, 0.15) is 11.3 Å². The van der Waals surface area contributed by atoms with E-state index in [-0.39, 0.29) is 5.88 Å². The van der Waals surface area contributed by atoms with Gasteiger partial charge in [-0.1, -0.05) is 0 Å². The van der Waals surface area contributed by atoms with Crippen LogP contribution in [0.3, 0.4) is 0 Å². The summed E-state index contributed by atoms with van der Waals surface area (Å²) in [6.07, 6.45) is 1.39. The normalized spacial score (nSPS) is 9.92. The first-order chi connectivity index (χ1) is 5.70. The lowest BCUT2D eigenvalue weighted by Crippen LogP contribution is -2.31. The molecule has 0 aromatic carbocycles. The van der Waals surface area contributed by atoms with E-state index in [9.17, 15) is 5.21 Å². The van der Waals surface area contributed by atoms with Crippen molar-refractivity contribution in [1.29, 1.82) is 0 Å². The number of methoxy groups -OCH3 is 1. The molecule has 1 rings (SSSR count). The third kappa shape index (κ3) is 1.46. The van der Waals surface area contributed by atoms with E-state index in [1.54, 1.807) is 13.2 Å². The molecular weight excluding hydrogens is 178 g/mol. The summed E-state index contributed by atoms with van der Waals surface area (Å²) in [7, 11) is 1.56. The van der Waals surface area contributed by atoms with Crippen LogP contribution < -0.4 is 9.47 Å². The molecule has 0 bridgehead atoms. The van der Waals surface area contributed by atoms with Gasteiger partial charge >= 0.3 is 0 Å². The van der Waals surface area contributed by atoms with Crippen LogP contribution >= 0.6 is 11.6 Å². The molecule has 0 aliphatic carbocycles. The van der Waals surface area contributed by atoms with E-state index in [1.807, 2.05) is 6.92 Å². The van der Waals surface area contributed by atoms with Gasteiger partial charge in [0.25, 0.3) is 0 Å². The van der Waals surface area contributed by atoms with Crippen molar-refractivity contribution in [2.75, 3.05) is 7.11 Å². The smallest absolute Gasteiger partial charge is 0.214 e. The highest BCUT2D eigenvalue weighted by Gasteiger charge is 2.12. The second-order valence-electron chi connectivity index (χ2n) is 2.42. The fraction of sp³-hybridized carbons (Fsp3) is 0.375. The summed E-state index contributed by atoms with van der Waals surface area (Å²) in [5.41, 5.74) is 1.33. The summed E-state index contributed by atoms with van der Waals surface area (Å²) in [4.78, 5) is 0. The molecule has 0 saturated heterocycles. The number of aromatic nitrogens is 1. The molecule has 1 aromatic rings. The highest BCUT2D eigenvalue weighted by molar-refractivity contribution is 6.16. The predicted molar refractivity (Wildman–Crippen MR) is 46.2 cm³/mol. The molecule has 0 aliphatic rings. The maximum atomic E-state index is 11.1. The number of ether oxygens (including phenoxy) is 1. The summed E-state index contributed by atoms with van der Waals surface area (Å²) >= 11 is 5.59. The molecular formula is C8H10ClNO2. The maximum Gasteiger partial charge on any atom is 0.214 e. The first-order valence-corrected chi connectivity index (χ1v) is 4.05. The van der Waals surface area contributed by atoms with Crippen LogP contribution in [-0.2, 0) is 5.88 Å². The molecule has 3 nitrogen and oxygen atoms in total. The van der Waals surface area contributed by atoms with Gasteiger partial charge in [0.1, 0.15) is 11.6 Å². The zero-order valence-electron chi connectivity index (χ0n) is 7.00. The van der Waals surface area contributed by atoms with Crippen LogP contribution in [-0.4, -0.2) is 7.11 Å². The van der Waals surface area contributed by atoms with E-state index in [0.29, 0.717) is 11.4 Å². The van der Waals surface area contributed by atoms with Crippen molar-refractivity contribution in [3.05, 3.63) is 28.7 Å². The number of nitrogens with zero attached hydrogens (tertiary/aromatic N) is 1. The van der Waals surface area contributed by atoms with Crippen molar-refractivity contribution >= 4 is 11.6 Å². The molecule has 1 heterocycles. The van der Waals surface area contributed by atoms with Gasteiger partial charge in [0.15, 0.2) is 6.20 Å². The minimum absolute atomic E-state index is 0.201. The van der Waals surface area contributed by atoms with Crippen molar-refractivity contribution in [1.82, 2.24) is 0 Å². The molecule has 66 valence electrons. The van der Waals surface area contributed by atoms with Gasteiger partial charge in [0.2, 0.25) is 5.69 Å². The predicted octanol–water partition coefficient (Wildman–Crippen LogP) is 1.38. The Balaban J connectivity index is 3.24. The van der Waals surface area contributed by atoms with E-state index < -0.39 is 0 Å². The van der Waals surface area contributed by atoms with Gasteiger partial charge in [-0.05, 0) is 6.92 Å². The molecule has 0 N–H and O–H groups in total. The number of hydrogen-bond acceptors (Lipinski definition) is 2. The second kappa shape index (κ2) is 3.63. The standard InChI is InChI=1S/C8H10ClNO2/c1-6-7(5-9)10(11)4-3-8(6)12-2/h3-4H,5H2,1-2H3. The Labute approximate surface area is 76.1 Å². The number of pyridine rings is 1. The lowest BCUT2D eigenvalue weighted by Gasteiger charge is -2.08. The van der Waals surface area contributed by atoms with E-state index in [1.165, 1.54) is 6.20 Å². The zero-order chi connectivity index (χ0) is 9.14. The molecule has 0 saturated carbocycles. The Morgan fingerprint density at radius 1 is 1.67 bits per heavy atom. The average Bonchev–Trinajstić information content (AvgIpc) is 2.06. The number of halogens is 1. The van der Waals surface area contributed by atoms with Gasteiger partial charge in [-0.2, -0.15) is 4.73 Å². The van der Waals surface area contributed by atoms with E-state index in [0.717, 1.165) is 10.3 Å². The van der Waals surface area contributed by atoms with Crippen molar-refractivity contribution < 1.29 is 9.47 Å². The Morgan fingerprint density at radius 3 is 2.83 bits per heavy atom. The van der Waals surface area contributed by atoms with E-state index >= 15 is 0 Å². The summed E-state index contributed by atoms with van der Waals surface area (Å²) in [5, 5.41) is 11.1. The Kier molecular flexibility index (Phi) is 2.76. The van der Waals surface area contributed by atoms with Crippen LogP contribution in [0.15, 0.2) is 12.3 Å². The largest absolute Gasteiger partial charge is 0.618 e. The highest BCUT2D eigenvalue weighted by Crippen LogP contribution is 2.18. The Bertz CT molecular complexity index is 289. The van der Waals surface area contributed by atoms with E-state index in [2.05, 4.69) is 0 Å². The topological polar surface area (TPSA) is 36.2 Å². The molecule has 0 fully saturated rings. The molecule has 0 atom stereocenters. The summed E-state index contributed by atoms with van der Waals surface area (Å²) in [6, 6.07) is 1.62. The molecule has 12 heavy (non-hydrogen) atoms. The quantitative estimate of drug-likeness (QED) is 0.399. The average molecular weight is 188 g/mol. The molecule has 0 aliphatic heterocycles. The highest BCUT2D eigenvalue weighted by atomic mass is 35.5. The Hall–Kier alpha value is -0.960. The van der Waals surface area contributed by atoms with Gasteiger partial charge in [0, 0.05) is 6.07 Å². The molecule has 0 radical (unpaired) electrons. The SMILES string of the molecule is COc1cc[n+]([O-])c(CCl)c1C. The molecule has 4 heteroatoms. The van der Waals surface area contributed by atoms with Gasteiger partial charge in [0.05, 0.1) is 12.7 Å². The van der Waals surface area contributed by atoms with Crippen LogP contribution in [0.25, 0.3) is 0 Å².